The maximum Gasteiger partial charge on any atom is 0.416 e. The second kappa shape index (κ2) is 5.48. The van der Waals surface area contributed by atoms with Crippen LogP contribution < -0.4 is 15.2 Å². The molecule has 0 bridgehead atoms. The number of hydrogen-bond donors (Lipinski definition) is 1. The molecule has 0 aliphatic heterocycles. The molecule has 0 saturated heterocycles. The van der Waals surface area contributed by atoms with Gasteiger partial charge in [0.2, 0.25) is 0 Å². The van der Waals surface area contributed by atoms with Crippen LogP contribution >= 0.6 is 0 Å². The summed E-state index contributed by atoms with van der Waals surface area (Å²) in [5.74, 6) is 0.353. The molecule has 0 heterocycles. The molecule has 0 aliphatic rings. The number of hydrogen-bond acceptors (Lipinski definition) is 3. The second-order valence-corrected chi connectivity index (χ2v) is 4.01. The summed E-state index contributed by atoms with van der Waals surface area (Å²) in [5.41, 5.74) is 4.88. The third kappa shape index (κ3) is 3.07. The van der Waals surface area contributed by atoms with Gasteiger partial charge < -0.3 is 15.2 Å². The lowest BCUT2D eigenvalue weighted by Crippen LogP contribution is -2.21. The fraction of sp³-hybridized carbons (Fsp3) is 0.500. The molecule has 1 rings (SSSR count). The zero-order valence-electron chi connectivity index (χ0n) is 10.5. The van der Waals surface area contributed by atoms with Gasteiger partial charge in [-0.15, -0.1) is 0 Å². The summed E-state index contributed by atoms with van der Waals surface area (Å²) in [7, 11) is 2.68. The van der Waals surface area contributed by atoms with Crippen molar-refractivity contribution in [2.75, 3.05) is 14.2 Å². The smallest absolute Gasteiger partial charge is 0.416 e. The van der Waals surface area contributed by atoms with Crippen molar-refractivity contribution in [3.8, 4) is 11.5 Å². The molecule has 3 nitrogen and oxygen atoms in total. The van der Waals surface area contributed by atoms with Gasteiger partial charge in [0, 0.05) is 11.6 Å². The number of benzene rings is 1. The first kappa shape index (κ1) is 14.6. The second-order valence-electron chi connectivity index (χ2n) is 4.01. The Morgan fingerprint density at radius 3 is 2.22 bits per heavy atom. The van der Waals surface area contributed by atoms with E-state index in [-0.39, 0.29) is 23.5 Å². The summed E-state index contributed by atoms with van der Waals surface area (Å²) in [6.45, 7) is 1.64. The van der Waals surface area contributed by atoms with Gasteiger partial charge in [-0.2, -0.15) is 13.2 Å². The van der Waals surface area contributed by atoms with Crippen LogP contribution in [0.4, 0.5) is 13.2 Å². The van der Waals surface area contributed by atoms with E-state index in [0.29, 0.717) is 0 Å². The topological polar surface area (TPSA) is 44.5 Å². The van der Waals surface area contributed by atoms with Crippen molar-refractivity contribution in [3.63, 3.8) is 0 Å². The number of nitrogens with two attached hydrogens (primary N) is 1. The third-order valence-electron chi connectivity index (χ3n) is 2.48. The molecule has 0 radical (unpaired) electrons. The molecule has 102 valence electrons. The van der Waals surface area contributed by atoms with Crippen LogP contribution in [0.1, 0.15) is 18.1 Å². The number of alkyl halides is 3. The molecule has 0 aliphatic carbocycles. The van der Waals surface area contributed by atoms with Gasteiger partial charge in [0.05, 0.1) is 19.8 Å². The highest BCUT2D eigenvalue weighted by Crippen LogP contribution is 2.41. The monoisotopic (exact) mass is 263 g/mol. The Morgan fingerprint density at radius 2 is 1.83 bits per heavy atom. The van der Waals surface area contributed by atoms with Crippen molar-refractivity contribution in [2.24, 2.45) is 5.73 Å². The molecule has 0 saturated carbocycles. The van der Waals surface area contributed by atoms with E-state index in [2.05, 4.69) is 0 Å². The van der Waals surface area contributed by atoms with E-state index in [9.17, 15) is 13.2 Å². The minimum atomic E-state index is -4.44. The fourth-order valence-electron chi connectivity index (χ4n) is 1.78. The molecule has 1 aromatic carbocycles. The van der Waals surface area contributed by atoms with Gasteiger partial charge in [0.1, 0.15) is 0 Å². The van der Waals surface area contributed by atoms with E-state index < -0.39 is 17.8 Å². The molecule has 18 heavy (non-hydrogen) atoms. The lowest BCUT2D eigenvalue weighted by molar-refractivity contribution is -0.138. The first-order chi connectivity index (χ1) is 8.31. The lowest BCUT2D eigenvalue weighted by atomic mass is 9.99. The highest BCUT2D eigenvalue weighted by molar-refractivity contribution is 5.52. The summed E-state index contributed by atoms with van der Waals surface area (Å²) in [6.07, 6.45) is -4.38. The van der Waals surface area contributed by atoms with Crippen molar-refractivity contribution < 1.29 is 22.6 Å². The fourth-order valence-corrected chi connectivity index (χ4v) is 1.78. The van der Waals surface area contributed by atoms with Crippen molar-refractivity contribution in [1.82, 2.24) is 0 Å². The Balaban J connectivity index is 3.44. The normalized spacial score (nSPS) is 13.3. The van der Waals surface area contributed by atoms with Gasteiger partial charge in [-0.05, 0) is 25.5 Å². The Morgan fingerprint density at radius 1 is 1.22 bits per heavy atom. The molecule has 1 aromatic rings. The Bertz CT molecular complexity index is 417. The van der Waals surface area contributed by atoms with Crippen LogP contribution in [0.5, 0.6) is 11.5 Å². The van der Waals surface area contributed by atoms with Crippen LogP contribution in [0.2, 0.25) is 0 Å². The largest absolute Gasteiger partial charge is 0.493 e. The van der Waals surface area contributed by atoms with Crippen LogP contribution in [0.25, 0.3) is 0 Å². The predicted molar refractivity (Wildman–Crippen MR) is 61.9 cm³/mol. The molecule has 2 N–H and O–H groups in total. The average Bonchev–Trinajstić information content (AvgIpc) is 2.25. The Hall–Kier alpha value is -1.43. The summed E-state index contributed by atoms with van der Waals surface area (Å²) in [6, 6.07) is 1.82. The van der Waals surface area contributed by atoms with Crippen LogP contribution in [-0.4, -0.2) is 20.3 Å². The Labute approximate surface area is 104 Å². The molecule has 1 unspecified atom stereocenters. The van der Waals surface area contributed by atoms with Crippen LogP contribution in [0.3, 0.4) is 0 Å². The number of methoxy groups -OCH3 is 2. The quantitative estimate of drug-likeness (QED) is 0.908. The summed E-state index contributed by atoms with van der Waals surface area (Å²) in [5, 5.41) is 0. The van der Waals surface area contributed by atoms with Gasteiger partial charge in [0.25, 0.3) is 0 Å². The first-order valence-electron chi connectivity index (χ1n) is 5.37. The predicted octanol–water partition coefficient (Wildman–Crippen LogP) is 2.61. The van der Waals surface area contributed by atoms with E-state index in [1.807, 2.05) is 0 Å². The zero-order valence-corrected chi connectivity index (χ0v) is 10.5. The third-order valence-corrected chi connectivity index (χ3v) is 2.48. The number of rotatable bonds is 4. The standard InChI is InChI=1S/C12H16F3NO2/c1-7(16)6-8-9(12(13,14)15)4-5-10(17-2)11(8)18-3/h4-5,7H,6,16H2,1-3H3. The SMILES string of the molecule is COc1ccc(C(F)(F)F)c(CC(C)N)c1OC. The van der Waals surface area contributed by atoms with Crippen LogP contribution in [0, 0.1) is 0 Å². The zero-order chi connectivity index (χ0) is 13.9. The lowest BCUT2D eigenvalue weighted by Gasteiger charge is -2.19. The van der Waals surface area contributed by atoms with E-state index in [4.69, 9.17) is 15.2 Å². The van der Waals surface area contributed by atoms with Gasteiger partial charge in [-0.3, -0.25) is 0 Å². The molecule has 6 heteroatoms. The Kier molecular flexibility index (Phi) is 4.45. The molecule has 0 spiro atoms. The first-order valence-corrected chi connectivity index (χ1v) is 5.37. The van der Waals surface area contributed by atoms with Crippen molar-refractivity contribution in [3.05, 3.63) is 23.3 Å². The van der Waals surface area contributed by atoms with Gasteiger partial charge in [-0.25, -0.2) is 0 Å². The van der Waals surface area contributed by atoms with E-state index in [1.165, 1.54) is 20.3 Å². The summed E-state index contributed by atoms with van der Waals surface area (Å²) >= 11 is 0. The highest BCUT2D eigenvalue weighted by atomic mass is 19.4. The number of halogens is 3. The van der Waals surface area contributed by atoms with Crippen LogP contribution in [-0.2, 0) is 12.6 Å². The molecule has 0 amide bonds. The van der Waals surface area contributed by atoms with E-state index >= 15 is 0 Å². The molecule has 0 fully saturated rings. The van der Waals surface area contributed by atoms with Crippen LogP contribution in [0.15, 0.2) is 12.1 Å². The maximum atomic E-state index is 12.9. The summed E-state index contributed by atoms with van der Waals surface area (Å²) in [4.78, 5) is 0. The van der Waals surface area contributed by atoms with Crippen molar-refractivity contribution in [1.29, 1.82) is 0 Å². The van der Waals surface area contributed by atoms with Gasteiger partial charge >= 0.3 is 6.18 Å². The van der Waals surface area contributed by atoms with Crippen molar-refractivity contribution in [2.45, 2.75) is 25.6 Å². The number of ether oxygens (including phenoxy) is 2. The highest BCUT2D eigenvalue weighted by Gasteiger charge is 2.35. The van der Waals surface area contributed by atoms with Gasteiger partial charge in [0.15, 0.2) is 11.5 Å². The molecular weight excluding hydrogens is 247 g/mol. The van der Waals surface area contributed by atoms with Gasteiger partial charge in [-0.1, -0.05) is 0 Å². The molecular formula is C12H16F3NO2. The molecule has 1 atom stereocenters. The molecule has 0 aromatic heterocycles. The maximum absolute atomic E-state index is 12.9. The summed E-state index contributed by atoms with van der Waals surface area (Å²) < 4.78 is 48.8. The van der Waals surface area contributed by atoms with E-state index in [0.717, 1.165) is 6.07 Å². The minimum Gasteiger partial charge on any atom is -0.493 e. The van der Waals surface area contributed by atoms with Crippen molar-refractivity contribution >= 4 is 0 Å². The van der Waals surface area contributed by atoms with E-state index in [1.54, 1.807) is 6.92 Å². The minimum absolute atomic E-state index is 0.0272. The average molecular weight is 263 g/mol.